The Kier molecular flexibility index (Phi) is 3.60. The van der Waals surface area contributed by atoms with Crippen LogP contribution in [0.25, 0.3) is 0 Å². The Morgan fingerprint density at radius 2 is 1.44 bits per heavy atom. The third kappa shape index (κ3) is 2.69. The fourth-order valence-corrected chi connectivity index (χ4v) is 0.493. The van der Waals surface area contributed by atoms with Gasteiger partial charge in [-0.3, -0.25) is 0 Å². The topological polar surface area (TPSA) is 40.5 Å². The second-order valence-corrected chi connectivity index (χ2v) is 1.52. The van der Waals surface area contributed by atoms with Crippen LogP contribution in [0.15, 0.2) is 24.3 Å². The average molecular weight is 319 g/mol. The molecule has 0 spiro atoms. The van der Waals surface area contributed by atoms with E-state index in [1.54, 1.807) is 6.07 Å². The van der Waals surface area contributed by atoms with Crippen molar-refractivity contribution in [2.45, 2.75) is 0 Å². The van der Waals surface area contributed by atoms with Gasteiger partial charge in [0.25, 0.3) is 0 Å². The van der Waals surface area contributed by atoms with Crippen LogP contribution in [0.3, 0.4) is 0 Å². The van der Waals surface area contributed by atoms with Crippen molar-refractivity contribution in [3.05, 3.63) is 24.3 Å². The Labute approximate surface area is 73.3 Å². The molecule has 48 valence electrons. The van der Waals surface area contributed by atoms with Crippen LogP contribution < -0.4 is 0 Å². The van der Waals surface area contributed by atoms with Gasteiger partial charge in [0.2, 0.25) is 0 Å². The van der Waals surface area contributed by atoms with Crippen molar-refractivity contribution in [1.29, 1.82) is 0 Å². The summed E-state index contributed by atoms with van der Waals surface area (Å²) in [6.45, 7) is 0. The summed E-state index contributed by atoms with van der Waals surface area (Å²) in [6.07, 6.45) is 0. The van der Waals surface area contributed by atoms with Crippen LogP contribution in [0, 0.1) is 0 Å². The third-order valence-corrected chi connectivity index (χ3v) is 0.830. The molecule has 0 atom stereocenters. The number of phenolic OH excluding ortho intramolecular Hbond substituents is 2. The molecule has 0 saturated heterocycles. The van der Waals surface area contributed by atoms with Gasteiger partial charge in [-0.15, -0.1) is 0 Å². The van der Waals surface area contributed by atoms with Gasteiger partial charge in [0.15, 0.2) is 0 Å². The second kappa shape index (κ2) is 3.71. The zero-order valence-corrected chi connectivity index (χ0v) is 10.4. The van der Waals surface area contributed by atoms with Gasteiger partial charge < -0.3 is 10.2 Å². The van der Waals surface area contributed by atoms with E-state index in [9.17, 15) is 0 Å². The van der Waals surface area contributed by atoms with Crippen LogP contribution in [-0.4, -0.2) is 37.5 Å². The number of aromatic hydroxyl groups is 2. The molecule has 0 aromatic heterocycles. The number of hydrogen-bond acceptors (Lipinski definition) is 2. The zero-order valence-electron chi connectivity index (χ0n) is 4.91. The van der Waals surface area contributed by atoms with E-state index in [2.05, 4.69) is 0 Å². The molecular weight excluding hydrogens is 311 g/mol. The maximum atomic E-state index is 8.65. The second-order valence-electron chi connectivity index (χ2n) is 1.52. The summed E-state index contributed by atoms with van der Waals surface area (Å²) >= 11 is 0. The number of benzene rings is 1. The molecule has 0 heterocycles. The predicted octanol–water partition coefficient (Wildman–Crippen LogP) is 0.182. The first-order valence-corrected chi connectivity index (χ1v) is 2.27. The van der Waals surface area contributed by atoms with E-state index >= 15 is 0 Å². The van der Waals surface area contributed by atoms with Gasteiger partial charge in [-0.25, -0.2) is 0 Å². The van der Waals surface area contributed by atoms with Gasteiger partial charge in [-0.05, 0) is 12.1 Å². The fraction of sp³-hybridized carbons (Fsp3) is 0. The molecule has 3 heteroatoms. The van der Waals surface area contributed by atoms with Crippen molar-refractivity contribution >= 4 is 27.3 Å². The van der Waals surface area contributed by atoms with Crippen LogP contribution >= 0.6 is 0 Å². The molecule has 2 N–H and O–H groups in total. The maximum absolute atomic E-state index is 8.65. The van der Waals surface area contributed by atoms with E-state index in [4.69, 9.17) is 10.2 Å². The molecule has 0 aliphatic carbocycles. The molecule has 1 aromatic rings. The summed E-state index contributed by atoms with van der Waals surface area (Å²) in [7, 11) is 0. The molecule has 1 aromatic carbocycles. The van der Waals surface area contributed by atoms with Gasteiger partial charge in [-0.1, -0.05) is 6.07 Å². The first kappa shape index (κ1) is 8.74. The Morgan fingerprint density at radius 3 is 1.67 bits per heavy atom. The van der Waals surface area contributed by atoms with E-state index in [0.29, 0.717) is 0 Å². The minimum atomic E-state index is 0. The van der Waals surface area contributed by atoms with Crippen molar-refractivity contribution < 1.29 is 10.2 Å². The Morgan fingerprint density at radius 1 is 1.00 bits per heavy atom. The Bertz CT molecular complexity index is 171. The van der Waals surface area contributed by atoms with E-state index in [0.717, 1.165) is 0 Å². The van der Waals surface area contributed by atoms with Crippen LogP contribution in [0.4, 0.5) is 0 Å². The van der Waals surface area contributed by atoms with E-state index in [1.807, 2.05) is 0 Å². The molecule has 9 heavy (non-hydrogen) atoms. The standard InChI is InChI=1S/C6H6O2.Pb.2H/c7-5-2-1-3-6(8)4-5;;;/h1-4,7-8H;;;. The number of phenols is 2. The van der Waals surface area contributed by atoms with Crippen LogP contribution in [0.2, 0.25) is 0 Å². The summed E-state index contributed by atoms with van der Waals surface area (Å²) in [4.78, 5) is 0. The van der Waals surface area contributed by atoms with Gasteiger partial charge in [0.05, 0.1) is 0 Å². The normalized spacial score (nSPS) is 8.00. The molecule has 0 aliphatic heterocycles. The van der Waals surface area contributed by atoms with Gasteiger partial charge in [0, 0.05) is 6.07 Å². The van der Waals surface area contributed by atoms with Gasteiger partial charge in [-0.2, -0.15) is 0 Å². The summed E-state index contributed by atoms with van der Waals surface area (Å²) in [5.74, 6) is 0.176. The molecule has 2 radical (unpaired) electrons. The molecule has 0 saturated carbocycles. The molecule has 0 amide bonds. The van der Waals surface area contributed by atoms with Crippen LogP contribution in [0.1, 0.15) is 0 Å². The quantitative estimate of drug-likeness (QED) is 0.670. The molecule has 0 aliphatic rings. The molecule has 2 nitrogen and oxygen atoms in total. The monoisotopic (exact) mass is 320 g/mol. The van der Waals surface area contributed by atoms with E-state index in [1.165, 1.54) is 18.2 Å². The zero-order chi connectivity index (χ0) is 5.98. The van der Waals surface area contributed by atoms with Crippen molar-refractivity contribution in [2.24, 2.45) is 0 Å². The van der Waals surface area contributed by atoms with Crippen molar-refractivity contribution in [3.63, 3.8) is 0 Å². The summed E-state index contributed by atoms with van der Waals surface area (Å²) in [5.41, 5.74) is 0. The Balaban J connectivity index is 0.000000640. The third-order valence-electron chi connectivity index (χ3n) is 0.830. The summed E-state index contributed by atoms with van der Waals surface area (Å²) < 4.78 is 0. The fourth-order valence-electron chi connectivity index (χ4n) is 0.493. The first-order valence-electron chi connectivity index (χ1n) is 2.27. The van der Waals surface area contributed by atoms with Gasteiger partial charge in [0.1, 0.15) is 11.5 Å². The summed E-state index contributed by atoms with van der Waals surface area (Å²) in [5, 5.41) is 17.3. The summed E-state index contributed by atoms with van der Waals surface area (Å²) in [6, 6.07) is 5.85. The van der Waals surface area contributed by atoms with Crippen LogP contribution in [0.5, 0.6) is 11.5 Å². The molecule has 0 fully saturated rings. The molecule has 1 rings (SSSR count). The number of hydrogen-bond donors (Lipinski definition) is 2. The van der Waals surface area contributed by atoms with Gasteiger partial charge >= 0.3 is 27.3 Å². The average Bonchev–Trinajstić information content (AvgIpc) is 1.64. The van der Waals surface area contributed by atoms with Crippen molar-refractivity contribution in [3.8, 4) is 11.5 Å². The SMILES string of the molecule is Oc1cccc(O)c1.[PbH2]. The molecule has 0 bridgehead atoms. The predicted molar refractivity (Wildman–Crippen MR) is 38.3 cm³/mol. The van der Waals surface area contributed by atoms with Crippen molar-refractivity contribution in [1.82, 2.24) is 0 Å². The van der Waals surface area contributed by atoms with Crippen molar-refractivity contribution in [2.75, 3.05) is 0 Å². The number of rotatable bonds is 0. The molecular formula is C6H8O2Pb. The van der Waals surface area contributed by atoms with E-state index in [-0.39, 0.29) is 38.8 Å². The van der Waals surface area contributed by atoms with Crippen LogP contribution in [-0.2, 0) is 0 Å². The molecule has 0 unspecified atom stereocenters. The first-order chi connectivity index (χ1) is 3.79. The minimum absolute atomic E-state index is 0. The Hall–Kier alpha value is -0.258. The van der Waals surface area contributed by atoms with E-state index < -0.39 is 0 Å².